The zero-order valence-electron chi connectivity index (χ0n) is 9.04. The molecular weight excluding hydrogens is 215 g/mol. The molecular formula is C11H16ClOP. The van der Waals surface area contributed by atoms with E-state index in [1.807, 2.05) is 18.2 Å². The van der Waals surface area contributed by atoms with Crippen LogP contribution in [-0.4, -0.2) is 13.3 Å². The lowest BCUT2D eigenvalue weighted by molar-refractivity contribution is 0.588. The number of halogens is 1. The van der Waals surface area contributed by atoms with Crippen molar-refractivity contribution in [2.45, 2.75) is 19.8 Å². The molecule has 0 radical (unpaired) electrons. The standard InChI is InChI=1S/C11H16ClOP/c1-8(2)10-7-9(14(3,4)13)5-6-11(10)12/h5-8H,1-4H3. The monoisotopic (exact) mass is 230 g/mol. The number of hydrogen-bond donors (Lipinski definition) is 0. The first-order valence-electron chi connectivity index (χ1n) is 4.67. The van der Waals surface area contributed by atoms with Gasteiger partial charge in [0.2, 0.25) is 0 Å². The summed E-state index contributed by atoms with van der Waals surface area (Å²) in [6.45, 7) is 7.73. The van der Waals surface area contributed by atoms with Crippen LogP contribution in [0.25, 0.3) is 0 Å². The second-order valence-corrected chi connectivity index (χ2v) is 7.84. The minimum Gasteiger partial charge on any atom is -0.319 e. The van der Waals surface area contributed by atoms with Gasteiger partial charge in [0, 0.05) is 10.3 Å². The minimum atomic E-state index is -2.16. The third-order valence-electron chi connectivity index (χ3n) is 2.22. The van der Waals surface area contributed by atoms with Crippen LogP contribution >= 0.6 is 18.7 Å². The molecule has 0 amide bonds. The van der Waals surface area contributed by atoms with Gasteiger partial charge in [-0.1, -0.05) is 31.5 Å². The van der Waals surface area contributed by atoms with E-state index >= 15 is 0 Å². The molecule has 78 valence electrons. The highest BCUT2D eigenvalue weighted by Gasteiger charge is 2.14. The second-order valence-electron chi connectivity index (χ2n) is 4.21. The van der Waals surface area contributed by atoms with E-state index in [1.165, 1.54) is 0 Å². The van der Waals surface area contributed by atoms with E-state index < -0.39 is 7.14 Å². The van der Waals surface area contributed by atoms with Crippen LogP contribution in [-0.2, 0) is 4.57 Å². The van der Waals surface area contributed by atoms with Crippen molar-refractivity contribution in [2.24, 2.45) is 0 Å². The highest BCUT2D eigenvalue weighted by molar-refractivity contribution is 7.70. The minimum absolute atomic E-state index is 0.369. The third kappa shape index (κ3) is 2.62. The van der Waals surface area contributed by atoms with E-state index in [0.717, 1.165) is 15.9 Å². The Hall–Kier alpha value is -0.260. The molecule has 0 spiro atoms. The smallest absolute Gasteiger partial charge is 0.109 e. The predicted molar refractivity (Wildman–Crippen MR) is 64.6 cm³/mol. The summed E-state index contributed by atoms with van der Waals surface area (Å²) in [5.41, 5.74) is 1.08. The average molecular weight is 231 g/mol. The number of hydrogen-bond acceptors (Lipinski definition) is 1. The Kier molecular flexibility index (Phi) is 3.44. The summed E-state index contributed by atoms with van der Waals surface area (Å²) in [6.07, 6.45) is 0. The SMILES string of the molecule is CC(C)c1cc(P(C)(C)=O)ccc1Cl. The highest BCUT2D eigenvalue weighted by atomic mass is 35.5. The summed E-state index contributed by atoms with van der Waals surface area (Å²) >= 11 is 6.05. The number of rotatable bonds is 2. The van der Waals surface area contributed by atoms with Gasteiger partial charge in [-0.15, -0.1) is 0 Å². The van der Waals surface area contributed by atoms with Gasteiger partial charge in [0.05, 0.1) is 0 Å². The lowest BCUT2D eigenvalue weighted by atomic mass is 10.0. The van der Waals surface area contributed by atoms with Crippen LogP contribution in [0.15, 0.2) is 18.2 Å². The summed E-state index contributed by atoms with van der Waals surface area (Å²) in [5.74, 6) is 0.369. The summed E-state index contributed by atoms with van der Waals surface area (Å²) < 4.78 is 11.9. The van der Waals surface area contributed by atoms with E-state index in [2.05, 4.69) is 13.8 Å². The molecule has 0 saturated heterocycles. The number of benzene rings is 1. The molecule has 0 unspecified atom stereocenters. The second kappa shape index (κ2) is 4.08. The van der Waals surface area contributed by atoms with Gasteiger partial charge < -0.3 is 4.57 Å². The van der Waals surface area contributed by atoms with Gasteiger partial charge in [0.15, 0.2) is 0 Å². The molecule has 0 atom stereocenters. The molecule has 1 nitrogen and oxygen atoms in total. The fourth-order valence-corrected chi connectivity index (χ4v) is 2.53. The lowest BCUT2D eigenvalue weighted by Crippen LogP contribution is -2.05. The van der Waals surface area contributed by atoms with Crippen LogP contribution in [0, 0.1) is 0 Å². The van der Waals surface area contributed by atoms with Crippen LogP contribution in [0.4, 0.5) is 0 Å². The van der Waals surface area contributed by atoms with Crippen LogP contribution in [0.5, 0.6) is 0 Å². The maximum absolute atomic E-state index is 11.9. The zero-order valence-corrected chi connectivity index (χ0v) is 10.7. The molecule has 1 aromatic rings. The first-order chi connectivity index (χ1) is 6.32. The molecule has 0 aliphatic rings. The molecule has 0 aliphatic carbocycles. The Bertz CT molecular complexity index is 379. The molecule has 0 N–H and O–H groups in total. The average Bonchev–Trinajstić information content (AvgIpc) is 2.02. The van der Waals surface area contributed by atoms with Crippen LogP contribution in [0.2, 0.25) is 5.02 Å². The molecule has 0 heterocycles. The molecule has 14 heavy (non-hydrogen) atoms. The highest BCUT2D eigenvalue weighted by Crippen LogP contribution is 2.36. The Morgan fingerprint density at radius 3 is 2.29 bits per heavy atom. The molecule has 0 aliphatic heterocycles. The van der Waals surface area contributed by atoms with Gasteiger partial charge in [-0.2, -0.15) is 0 Å². The van der Waals surface area contributed by atoms with Crippen molar-refractivity contribution >= 4 is 24.0 Å². The molecule has 1 aromatic carbocycles. The van der Waals surface area contributed by atoms with E-state index in [0.29, 0.717) is 5.92 Å². The van der Waals surface area contributed by atoms with E-state index in [4.69, 9.17) is 11.6 Å². The maximum Gasteiger partial charge on any atom is 0.109 e. The Morgan fingerprint density at radius 2 is 1.86 bits per heavy atom. The molecule has 0 aromatic heterocycles. The Balaban J connectivity index is 3.27. The zero-order chi connectivity index (χ0) is 10.9. The van der Waals surface area contributed by atoms with Gasteiger partial charge in [0.25, 0.3) is 0 Å². The van der Waals surface area contributed by atoms with Crippen LogP contribution < -0.4 is 5.30 Å². The molecule has 1 rings (SSSR count). The summed E-state index contributed by atoms with van der Waals surface area (Å²) in [7, 11) is -2.16. The maximum atomic E-state index is 11.9. The van der Waals surface area contributed by atoms with Gasteiger partial charge in [0.1, 0.15) is 7.14 Å². The normalized spacial score (nSPS) is 12.1. The van der Waals surface area contributed by atoms with Crippen molar-refractivity contribution in [2.75, 3.05) is 13.3 Å². The van der Waals surface area contributed by atoms with Gasteiger partial charge >= 0.3 is 0 Å². The van der Waals surface area contributed by atoms with E-state index in [1.54, 1.807) is 13.3 Å². The van der Waals surface area contributed by atoms with Crippen molar-refractivity contribution in [3.05, 3.63) is 28.8 Å². The van der Waals surface area contributed by atoms with Gasteiger partial charge in [-0.3, -0.25) is 0 Å². The fourth-order valence-electron chi connectivity index (χ4n) is 1.31. The van der Waals surface area contributed by atoms with Crippen LogP contribution in [0.3, 0.4) is 0 Å². The van der Waals surface area contributed by atoms with E-state index in [9.17, 15) is 4.57 Å². The summed E-state index contributed by atoms with van der Waals surface area (Å²) in [5, 5.41) is 1.67. The van der Waals surface area contributed by atoms with Crippen LogP contribution in [0.1, 0.15) is 25.3 Å². The van der Waals surface area contributed by atoms with Crippen molar-refractivity contribution in [3.8, 4) is 0 Å². The first-order valence-corrected chi connectivity index (χ1v) is 7.65. The molecule has 0 fully saturated rings. The van der Waals surface area contributed by atoms with Gasteiger partial charge in [-0.05, 0) is 36.9 Å². The first kappa shape index (κ1) is 11.8. The predicted octanol–water partition coefficient (Wildman–Crippen LogP) is 3.71. The molecule has 0 bridgehead atoms. The molecule has 0 saturated carbocycles. The quantitative estimate of drug-likeness (QED) is 0.708. The summed E-state index contributed by atoms with van der Waals surface area (Å²) in [6, 6.07) is 5.66. The Morgan fingerprint density at radius 1 is 1.29 bits per heavy atom. The van der Waals surface area contributed by atoms with Crippen molar-refractivity contribution < 1.29 is 4.57 Å². The van der Waals surface area contributed by atoms with Crippen molar-refractivity contribution in [3.63, 3.8) is 0 Å². The van der Waals surface area contributed by atoms with E-state index in [-0.39, 0.29) is 0 Å². The fraction of sp³-hybridized carbons (Fsp3) is 0.455. The third-order valence-corrected chi connectivity index (χ3v) is 4.09. The topological polar surface area (TPSA) is 17.1 Å². The van der Waals surface area contributed by atoms with Gasteiger partial charge in [-0.25, -0.2) is 0 Å². The van der Waals surface area contributed by atoms with Crippen molar-refractivity contribution in [1.29, 1.82) is 0 Å². The largest absolute Gasteiger partial charge is 0.319 e. The lowest BCUT2D eigenvalue weighted by Gasteiger charge is -2.13. The van der Waals surface area contributed by atoms with Crippen molar-refractivity contribution in [1.82, 2.24) is 0 Å². The summed E-state index contributed by atoms with van der Waals surface area (Å²) in [4.78, 5) is 0. The Labute approximate surface area is 90.8 Å². The molecule has 3 heteroatoms.